The molecule has 2 aromatic heterocycles. The van der Waals surface area contributed by atoms with Gasteiger partial charge in [-0.3, -0.25) is 0 Å². The molecule has 0 N–H and O–H groups in total. The minimum absolute atomic E-state index is 0.186. The summed E-state index contributed by atoms with van der Waals surface area (Å²) in [5, 5.41) is 2.51. The van der Waals surface area contributed by atoms with E-state index in [1.165, 1.54) is 66.3 Å². The van der Waals surface area contributed by atoms with Crippen LogP contribution in [-0.2, 0) is 5.41 Å². The van der Waals surface area contributed by atoms with Crippen molar-refractivity contribution in [3.63, 3.8) is 0 Å². The fraction of sp³-hybridized carbons (Fsp3) is 0.0435. The molecule has 13 rings (SSSR count). The number of hydrogen-bond acceptors (Lipinski definition) is 2. The van der Waals surface area contributed by atoms with E-state index in [1.807, 2.05) is 0 Å². The highest BCUT2D eigenvalue weighted by molar-refractivity contribution is 6.09. The van der Waals surface area contributed by atoms with Crippen molar-refractivity contribution in [2.75, 3.05) is 0 Å². The molecular weight excluding hydrogens is 871 g/mol. The summed E-state index contributed by atoms with van der Waals surface area (Å²) in [6.45, 7) is 2.36. The van der Waals surface area contributed by atoms with Crippen LogP contribution in [0, 0.1) is 0 Å². The molecule has 0 bridgehead atoms. The molecule has 1 aliphatic rings. The van der Waals surface area contributed by atoms with Gasteiger partial charge in [0, 0.05) is 38.6 Å². The van der Waals surface area contributed by atoms with Gasteiger partial charge in [-0.1, -0.05) is 225 Å². The molecule has 1 unspecified atom stereocenters. The van der Waals surface area contributed by atoms with Crippen LogP contribution < -0.4 is 0 Å². The predicted molar refractivity (Wildman–Crippen MR) is 301 cm³/mol. The molecule has 0 fully saturated rings. The fourth-order valence-electron chi connectivity index (χ4n) is 10.9. The lowest BCUT2D eigenvalue weighted by Gasteiger charge is -2.34. The van der Waals surface area contributed by atoms with Crippen LogP contribution in [0.4, 0.5) is 0 Å². The molecule has 1 aliphatic carbocycles. The van der Waals surface area contributed by atoms with Crippen LogP contribution in [0.2, 0.25) is 0 Å². The lowest BCUT2D eigenvalue weighted by Crippen LogP contribution is -2.25. The Balaban J connectivity index is 0.864. The Morgan fingerprint density at radius 1 is 0.361 bits per heavy atom. The van der Waals surface area contributed by atoms with E-state index in [0.29, 0.717) is 5.82 Å². The molecule has 72 heavy (non-hydrogen) atoms. The van der Waals surface area contributed by atoms with Crippen molar-refractivity contribution in [2.45, 2.75) is 18.8 Å². The van der Waals surface area contributed by atoms with Crippen molar-refractivity contribution in [2.24, 2.45) is 0 Å². The molecule has 0 spiro atoms. The highest BCUT2D eigenvalue weighted by atomic mass is 15.0. The maximum absolute atomic E-state index is 5.36. The minimum Gasteiger partial charge on any atom is -0.309 e. The highest BCUT2D eigenvalue weighted by Crippen LogP contribution is 2.43. The van der Waals surface area contributed by atoms with E-state index in [4.69, 9.17) is 9.97 Å². The number of rotatable bonds is 9. The Labute approximate surface area is 420 Å². The Bertz CT molecular complexity index is 3960. The molecule has 0 saturated carbocycles. The second kappa shape index (κ2) is 18.0. The first-order valence-electron chi connectivity index (χ1n) is 24.8. The van der Waals surface area contributed by atoms with Gasteiger partial charge in [-0.05, 0) is 116 Å². The standard InChI is InChI=1S/C69H49N3/c1-69(41-15-25-50-18-5-8-30-63(50)69)59-26-13-24-58(44-59)68-70-64(51-37-33-48(34-38-51)54-20-12-22-56(43-54)55-21-11-19-53(42-55)47-16-3-2-4-17-47)46-65(71-68)52-39-35-49(36-40-52)57-23-14-27-60(45-57)72-66-31-9-6-28-61(66)62-29-7-10-32-67(62)72/h2-40,42-46H,41H2,1H3. The lowest BCUT2D eigenvalue weighted by atomic mass is 9.69. The molecule has 0 saturated heterocycles. The van der Waals surface area contributed by atoms with E-state index in [9.17, 15) is 0 Å². The zero-order chi connectivity index (χ0) is 48.0. The Hall–Kier alpha value is -9.18. The van der Waals surface area contributed by atoms with Crippen LogP contribution >= 0.6 is 0 Å². The maximum Gasteiger partial charge on any atom is 0.160 e. The second-order valence-corrected chi connectivity index (χ2v) is 19.2. The third-order valence-corrected chi connectivity index (χ3v) is 14.7. The smallest absolute Gasteiger partial charge is 0.160 e. The summed E-state index contributed by atoms with van der Waals surface area (Å²) in [5.74, 6) is 0.699. The summed E-state index contributed by atoms with van der Waals surface area (Å²) in [4.78, 5) is 10.7. The summed E-state index contributed by atoms with van der Waals surface area (Å²) in [7, 11) is 0. The topological polar surface area (TPSA) is 30.7 Å². The van der Waals surface area contributed by atoms with Crippen molar-refractivity contribution < 1.29 is 0 Å². The quantitative estimate of drug-likeness (QED) is 0.144. The Morgan fingerprint density at radius 3 is 1.44 bits per heavy atom. The Kier molecular flexibility index (Phi) is 10.7. The normalized spacial score (nSPS) is 14.1. The molecule has 12 aromatic rings. The van der Waals surface area contributed by atoms with E-state index < -0.39 is 0 Å². The van der Waals surface area contributed by atoms with Crippen LogP contribution in [0.1, 0.15) is 30.0 Å². The maximum atomic E-state index is 5.36. The SMILES string of the molecule is CC1(c2cccc(-c3nc(-c4ccc(-c5cccc(-c6cccc(-c7ccccc7)c6)c5)cc4)cc(-c4ccc(-c5cccc(-n6c7ccccc7c7ccccc76)c5)cc4)n3)c2)CC=Cc2ccccc21. The van der Waals surface area contributed by atoms with Crippen molar-refractivity contribution in [1.29, 1.82) is 0 Å². The van der Waals surface area contributed by atoms with E-state index in [1.54, 1.807) is 0 Å². The van der Waals surface area contributed by atoms with Crippen molar-refractivity contribution in [3.05, 3.63) is 278 Å². The fourth-order valence-corrected chi connectivity index (χ4v) is 10.9. The highest BCUT2D eigenvalue weighted by Gasteiger charge is 2.32. The van der Waals surface area contributed by atoms with E-state index in [0.717, 1.165) is 56.9 Å². The third-order valence-electron chi connectivity index (χ3n) is 14.7. The van der Waals surface area contributed by atoms with Gasteiger partial charge in [0.15, 0.2) is 5.82 Å². The molecule has 3 heteroatoms. The van der Waals surface area contributed by atoms with E-state index >= 15 is 0 Å². The summed E-state index contributed by atoms with van der Waals surface area (Å²) in [6.07, 6.45) is 5.47. The van der Waals surface area contributed by atoms with Gasteiger partial charge < -0.3 is 4.57 Å². The van der Waals surface area contributed by atoms with Crippen LogP contribution in [-0.4, -0.2) is 14.5 Å². The first kappa shape index (κ1) is 42.9. The first-order valence-corrected chi connectivity index (χ1v) is 24.8. The number of hydrogen-bond donors (Lipinski definition) is 0. The first-order chi connectivity index (χ1) is 35.5. The zero-order valence-corrected chi connectivity index (χ0v) is 40.0. The van der Waals surface area contributed by atoms with Crippen molar-refractivity contribution >= 4 is 27.9 Å². The van der Waals surface area contributed by atoms with Gasteiger partial charge in [-0.2, -0.15) is 0 Å². The summed E-state index contributed by atoms with van der Waals surface area (Å²) >= 11 is 0. The van der Waals surface area contributed by atoms with Gasteiger partial charge in [0.1, 0.15) is 0 Å². The summed E-state index contributed by atoms with van der Waals surface area (Å²) in [5.41, 5.74) is 21.4. The van der Waals surface area contributed by atoms with E-state index in [-0.39, 0.29) is 5.41 Å². The molecule has 10 aromatic carbocycles. The average molecular weight is 920 g/mol. The number of aromatic nitrogens is 3. The summed E-state index contributed by atoms with van der Waals surface area (Å²) < 4.78 is 2.38. The van der Waals surface area contributed by atoms with Crippen LogP contribution in [0.3, 0.4) is 0 Å². The van der Waals surface area contributed by atoms with Gasteiger partial charge >= 0.3 is 0 Å². The monoisotopic (exact) mass is 919 g/mol. The number of para-hydroxylation sites is 2. The molecule has 3 nitrogen and oxygen atoms in total. The number of fused-ring (bicyclic) bond motifs is 4. The second-order valence-electron chi connectivity index (χ2n) is 19.2. The molecule has 0 amide bonds. The van der Waals surface area contributed by atoms with Crippen LogP contribution in [0.15, 0.2) is 261 Å². The van der Waals surface area contributed by atoms with Gasteiger partial charge in [0.2, 0.25) is 0 Å². The van der Waals surface area contributed by atoms with Crippen LogP contribution in [0.5, 0.6) is 0 Å². The zero-order valence-electron chi connectivity index (χ0n) is 40.0. The molecule has 2 heterocycles. The number of allylic oxidation sites excluding steroid dienone is 1. The van der Waals surface area contributed by atoms with Gasteiger partial charge in [-0.15, -0.1) is 0 Å². The predicted octanol–water partition coefficient (Wildman–Crippen LogP) is 18.0. The van der Waals surface area contributed by atoms with Crippen molar-refractivity contribution in [1.82, 2.24) is 14.5 Å². The molecule has 340 valence electrons. The molecule has 0 aliphatic heterocycles. The lowest BCUT2D eigenvalue weighted by molar-refractivity contribution is 0.575. The van der Waals surface area contributed by atoms with E-state index in [2.05, 4.69) is 278 Å². The number of nitrogens with zero attached hydrogens (tertiary/aromatic N) is 3. The van der Waals surface area contributed by atoms with Gasteiger partial charge in [0.25, 0.3) is 0 Å². The minimum atomic E-state index is -0.186. The summed E-state index contributed by atoms with van der Waals surface area (Å²) in [6, 6.07) is 91.9. The third kappa shape index (κ3) is 7.82. The molecule has 0 radical (unpaired) electrons. The molecular formula is C69H49N3. The molecule has 1 atom stereocenters. The largest absolute Gasteiger partial charge is 0.309 e. The number of benzene rings is 10. The van der Waals surface area contributed by atoms with Crippen molar-refractivity contribution in [3.8, 4) is 84.1 Å². The van der Waals surface area contributed by atoms with Gasteiger partial charge in [-0.25, -0.2) is 9.97 Å². The Morgan fingerprint density at radius 2 is 0.819 bits per heavy atom. The van der Waals surface area contributed by atoms with Gasteiger partial charge in [0.05, 0.1) is 22.4 Å². The van der Waals surface area contributed by atoms with Crippen LogP contribution in [0.25, 0.3) is 112 Å². The average Bonchev–Trinajstić information content (AvgIpc) is 3.80.